The molecule has 0 unspecified atom stereocenters. The first kappa shape index (κ1) is 15.3. The maximum atomic E-state index is 8.68. The summed E-state index contributed by atoms with van der Waals surface area (Å²) in [6, 6.07) is 5.51. The number of methoxy groups -OCH3 is 1. The van der Waals surface area contributed by atoms with E-state index < -0.39 is 0 Å². The first-order chi connectivity index (χ1) is 9.22. The number of hydrogen-bond donors (Lipinski definition) is 4. The molecule has 5 N–H and O–H groups in total. The van der Waals surface area contributed by atoms with Crippen LogP contribution in [0, 0.1) is 0 Å². The fraction of sp³-hybridized carbons (Fsp3) is 0.462. The van der Waals surface area contributed by atoms with Gasteiger partial charge in [-0.05, 0) is 37.1 Å². The number of nitrogens with zero attached hydrogens (tertiary/aromatic N) is 1. The second-order valence-corrected chi connectivity index (χ2v) is 4.13. The summed E-state index contributed by atoms with van der Waals surface area (Å²) in [4.78, 5) is 0. The van der Waals surface area contributed by atoms with E-state index in [9.17, 15) is 0 Å². The lowest BCUT2D eigenvalue weighted by atomic mass is 10.1. The summed E-state index contributed by atoms with van der Waals surface area (Å²) in [5.41, 5.74) is 7.17. The summed E-state index contributed by atoms with van der Waals surface area (Å²) >= 11 is 0. The highest BCUT2D eigenvalue weighted by Crippen LogP contribution is 2.20. The van der Waals surface area contributed by atoms with Crippen LogP contribution in [0.1, 0.15) is 24.0 Å². The lowest BCUT2D eigenvalue weighted by molar-refractivity contribution is 0.283. The Kier molecular flexibility index (Phi) is 6.70. The molecule has 0 radical (unpaired) electrons. The van der Waals surface area contributed by atoms with Crippen molar-refractivity contribution in [3.63, 3.8) is 0 Å². The molecule has 0 aliphatic heterocycles. The monoisotopic (exact) mass is 267 g/mol. The maximum absolute atomic E-state index is 8.68. The van der Waals surface area contributed by atoms with Crippen molar-refractivity contribution in [1.29, 1.82) is 0 Å². The third kappa shape index (κ3) is 4.76. The zero-order valence-electron chi connectivity index (χ0n) is 11.1. The maximum Gasteiger partial charge on any atom is 0.173 e. The molecule has 0 aromatic heterocycles. The Bertz CT molecular complexity index is 422. The summed E-state index contributed by atoms with van der Waals surface area (Å²) < 4.78 is 5.22. The van der Waals surface area contributed by atoms with Crippen LogP contribution < -0.4 is 15.8 Å². The molecule has 0 aliphatic carbocycles. The van der Waals surface area contributed by atoms with Gasteiger partial charge in [-0.15, -0.1) is 0 Å². The Morgan fingerprint density at radius 2 is 2.21 bits per heavy atom. The molecule has 19 heavy (non-hydrogen) atoms. The van der Waals surface area contributed by atoms with Crippen LogP contribution in [0.15, 0.2) is 23.4 Å². The van der Waals surface area contributed by atoms with Crippen molar-refractivity contribution in [2.24, 2.45) is 10.9 Å². The molecule has 0 amide bonds. The number of oxime groups is 1. The predicted octanol–water partition coefficient (Wildman–Crippen LogP) is 0.652. The summed E-state index contributed by atoms with van der Waals surface area (Å²) in [5, 5.41) is 23.6. The second-order valence-electron chi connectivity index (χ2n) is 4.13. The standard InChI is InChI=1S/C13H21N3O3/c1-19-12-8-10(9-15-6-2-3-7-17)4-5-11(12)13(14)16-18/h4-5,8,15,17-18H,2-3,6-7,9H2,1H3,(H2,14,16). The number of unbranched alkanes of at least 4 members (excludes halogenated alkanes) is 1. The van der Waals surface area contributed by atoms with Gasteiger partial charge in [0.1, 0.15) is 5.75 Å². The Balaban J connectivity index is 2.62. The average molecular weight is 267 g/mol. The van der Waals surface area contributed by atoms with Gasteiger partial charge in [0, 0.05) is 13.2 Å². The van der Waals surface area contributed by atoms with Gasteiger partial charge in [-0.2, -0.15) is 0 Å². The third-order valence-electron chi connectivity index (χ3n) is 2.74. The van der Waals surface area contributed by atoms with Crippen molar-refractivity contribution < 1.29 is 15.1 Å². The molecule has 0 aliphatic rings. The minimum Gasteiger partial charge on any atom is -0.496 e. The van der Waals surface area contributed by atoms with Crippen LogP contribution in [-0.4, -0.2) is 36.4 Å². The molecular weight excluding hydrogens is 246 g/mol. The van der Waals surface area contributed by atoms with Crippen LogP contribution in [0.3, 0.4) is 0 Å². The Labute approximate surface area is 112 Å². The normalized spacial score (nSPS) is 11.6. The summed E-state index contributed by atoms with van der Waals surface area (Å²) in [6.45, 7) is 1.78. The number of rotatable bonds is 8. The highest BCUT2D eigenvalue weighted by molar-refractivity contribution is 5.99. The Hall–Kier alpha value is -1.79. The molecule has 0 spiro atoms. The summed E-state index contributed by atoms with van der Waals surface area (Å²) in [5.74, 6) is 0.601. The van der Waals surface area contributed by atoms with Crippen LogP contribution >= 0.6 is 0 Å². The third-order valence-corrected chi connectivity index (χ3v) is 2.74. The largest absolute Gasteiger partial charge is 0.496 e. The van der Waals surface area contributed by atoms with E-state index in [1.807, 2.05) is 12.1 Å². The smallest absolute Gasteiger partial charge is 0.173 e. The van der Waals surface area contributed by atoms with Crippen molar-refractivity contribution in [2.75, 3.05) is 20.3 Å². The number of ether oxygens (including phenoxy) is 1. The summed E-state index contributed by atoms with van der Waals surface area (Å²) in [6.07, 6.45) is 1.74. The fourth-order valence-electron chi connectivity index (χ4n) is 1.71. The van der Waals surface area contributed by atoms with Crippen molar-refractivity contribution >= 4 is 5.84 Å². The molecule has 1 aromatic rings. The van der Waals surface area contributed by atoms with E-state index in [1.54, 1.807) is 13.2 Å². The second kappa shape index (κ2) is 8.34. The van der Waals surface area contributed by atoms with Crippen LogP contribution in [0.4, 0.5) is 0 Å². The summed E-state index contributed by atoms with van der Waals surface area (Å²) in [7, 11) is 1.54. The van der Waals surface area contributed by atoms with Gasteiger partial charge in [0.15, 0.2) is 5.84 Å². The molecule has 1 aromatic carbocycles. The highest BCUT2D eigenvalue weighted by atomic mass is 16.5. The van der Waals surface area contributed by atoms with Gasteiger partial charge < -0.3 is 26.1 Å². The lowest BCUT2D eigenvalue weighted by Crippen LogP contribution is -2.17. The van der Waals surface area contributed by atoms with Crippen LogP contribution in [0.5, 0.6) is 5.75 Å². The van der Waals surface area contributed by atoms with E-state index in [0.29, 0.717) is 17.9 Å². The van der Waals surface area contributed by atoms with E-state index in [-0.39, 0.29) is 12.4 Å². The van der Waals surface area contributed by atoms with Crippen molar-refractivity contribution in [3.05, 3.63) is 29.3 Å². The number of amidine groups is 1. The molecule has 6 heteroatoms. The number of aliphatic hydroxyl groups is 1. The van der Waals surface area contributed by atoms with E-state index in [4.69, 9.17) is 20.8 Å². The predicted molar refractivity (Wildman–Crippen MR) is 73.5 cm³/mol. The Morgan fingerprint density at radius 1 is 1.42 bits per heavy atom. The fourth-order valence-corrected chi connectivity index (χ4v) is 1.71. The minimum absolute atomic E-state index is 0.0271. The number of hydrogen-bond acceptors (Lipinski definition) is 5. The van der Waals surface area contributed by atoms with Crippen LogP contribution in [0.2, 0.25) is 0 Å². The van der Waals surface area contributed by atoms with E-state index in [2.05, 4.69) is 10.5 Å². The van der Waals surface area contributed by atoms with Gasteiger partial charge in [0.2, 0.25) is 0 Å². The number of aliphatic hydroxyl groups excluding tert-OH is 1. The molecule has 106 valence electrons. The topological polar surface area (TPSA) is 100 Å². The van der Waals surface area contributed by atoms with Crippen molar-refractivity contribution in [1.82, 2.24) is 5.32 Å². The zero-order chi connectivity index (χ0) is 14.1. The van der Waals surface area contributed by atoms with E-state index in [1.165, 1.54) is 0 Å². The lowest BCUT2D eigenvalue weighted by Gasteiger charge is -2.10. The number of nitrogens with two attached hydrogens (primary N) is 1. The van der Waals surface area contributed by atoms with Gasteiger partial charge in [-0.25, -0.2) is 0 Å². The van der Waals surface area contributed by atoms with E-state index in [0.717, 1.165) is 24.9 Å². The average Bonchev–Trinajstić information content (AvgIpc) is 2.46. The van der Waals surface area contributed by atoms with Crippen molar-refractivity contribution in [3.8, 4) is 5.75 Å². The SMILES string of the molecule is COc1cc(CNCCCCO)ccc1/C(N)=N/O. The number of benzene rings is 1. The van der Waals surface area contributed by atoms with Gasteiger partial charge in [-0.1, -0.05) is 11.2 Å². The molecule has 0 heterocycles. The molecule has 0 atom stereocenters. The molecular formula is C13H21N3O3. The minimum atomic E-state index is 0.0271. The van der Waals surface area contributed by atoms with E-state index >= 15 is 0 Å². The molecule has 0 saturated carbocycles. The molecule has 0 bridgehead atoms. The quantitative estimate of drug-likeness (QED) is 0.182. The Morgan fingerprint density at radius 3 is 2.84 bits per heavy atom. The highest BCUT2D eigenvalue weighted by Gasteiger charge is 2.08. The molecule has 6 nitrogen and oxygen atoms in total. The molecule has 0 saturated heterocycles. The van der Waals surface area contributed by atoms with Crippen LogP contribution in [-0.2, 0) is 6.54 Å². The van der Waals surface area contributed by atoms with Gasteiger partial charge in [0.25, 0.3) is 0 Å². The van der Waals surface area contributed by atoms with Gasteiger partial charge in [0.05, 0.1) is 12.7 Å². The molecule has 0 fully saturated rings. The first-order valence-electron chi connectivity index (χ1n) is 6.19. The van der Waals surface area contributed by atoms with Crippen LogP contribution in [0.25, 0.3) is 0 Å². The molecule has 1 rings (SSSR count). The first-order valence-corrected chi connectivity index (χ1v) is 6.19. The van der Waals surface area contributed by atoms with Gasteiger partial charge >= 0.3 is 0 Å². The number of nitrogens with one attached hydrogen (secondary N) is 1. The van der Waals surface area contributed by atoms with Crippen molar-refractivity contribution in [2.45, 2.75) is 19.4 Å². The van der Waals surface area contributed by atoms with Gasteiger partial charge in [-0.3, -0.25) is 0 Å². The zero-order valence-corrected chi connectivity index (χ0v) is 11.1.